The maximum atomic E-state index is 11.8. The second-order valence-corrected chi connectivity index (χ2v) is 5.17. The number of cyclic esters (lactones) is 1. The lowest BCUT2D eigenvalue weighted by Gasteiger charge is -2.26. The minimum atomic E-state index is -0.563. The minimum Gasteiger partial charge on any atom is -0.400 e. The van der Waals surface area contributed by atoms with Gasteiger partial charge in [0, 0.05) is 24.6 Å². The van der Waals surface area contributed by atoms with Crippen molar-refractivity contribution in [2.45, 2.75) is 0 Å². The number of morpholine rings is 1. The normalized spacial score (nSPS) is 18.7. The van der Waals surface area contributed by atoms with Crippen LogP contribution in [0.1, 0.15) is 16.2 Å². The number of nitrogens with zero attached hydrogens (tertiary/aromatic N) is 4. The molecule has 1 amide bonds. The number of aromatic nitrogens is 2. The Balaban J connectivity index is 1.60. The van der Waals surface area contributed by atoms with Gasteiger partial charge in [-0.25, -0.2) is 19.8 Å². The van der Waals surface area contributed by atoms with E-state index in [1.165, 1.54) is 12.4 Å². The van der Waals surface area contributed by atoms with E-state index in [2.05, 4.69) is 15.0 Å². The van der Waals surface area contributed by atoms with Gasteiger partial charge in [-0.2, -0.15) is 0 Å². The van der Waals surface area contributed by atoms with Crippen molar-refractivity contribution in [2.24, 2.45) is 4.99 Å². The van der Waals surface area contributed by atoms with E-state index < -0.39 is 5.97 Å². The molecule has 1 saturated heterocycles. The Morgan fingerprint density at radius 3 is 2.54 bits per heavy atom. The Hall–Kier alpha value is -3.13. The quantitative estimate of drug-likeness (QED) is 0.768. The first-order valence-electron chi connectivity index (χ1n) is 7.33. The molecule has 2 aliphatic rings. The molecule has 0 spiro atoms. The summed E-state index contributed by atoms with van der Waals surface area (Å²) in [5, 5.41) is 0. The average molecular weight is 324 g/mol. The highest BCUT2D eigenvalue weighted by Gasteiger charge is 2.30. The van der Waals surface area contributed by atoms with Crippen LogP contribution in [-0.4, -0.2) is 47.5 Å². The monoisotopic (exact) mass is 324 g/mol. The van der Waals surface area contributed by atoms with Gasteiger partial charge in [0.25, 0.3) is 11.8 Å². The van der Waals surface area contributed by atoms with Crippen molar-refractivity contribution in [2.75, 3.05) is 24.7 Å². The number of esters is 1. The lowest BCUT2D eigenvalue weighted by atomic mass is 10.2. The Bertz CT molecular complexity index is 847. The van der Waals surface area contributed by atoms with Crippen molar-refractivity contribution in [3.63, 3.8) is 0 Å². The van der Waals surface area contributed by atoms with Crippen LogP contribution in [0.4, 0.5) is 11.4 Å². The summed E-state index contributed by atoms with van der Waals surface area (Å²) in [6.07, 6.45) is 2.90. The van der Waals surface area contributed by atoms with Crippen LogP contribution in [0.2, 0.25) is 0 Å². The van der Waals surface area contributed by atoms with Gasteiger partial charge in [-0.05, 0) is 24.3 Å². The number of aliphatic imine (C=N–C) groups is 1. The SMILES string of the molecule is O=C1OC(=Nc2ccc(N3CCOCC3=O)cc2)c2nccnc21. The van der Waals surface area contributed by atoms with Crippen molar-refractivity contribution in [3.8, 4) is 0 Å². The Labute approximate surface area is 136 Å². The van der Waals surface area contributed by atoms with Crippen LogP contribution in [0.3, 0.4) is 0 Å². The van der Waals surface area contributed by atoms with E-state index in [4.69, 9.17) is 9.47 Å². The number of amides is 1. The molecular formula is C16H12N4O4. The summed E-state index contributed by atoms with van der Waals surface area (Å²) in [5.41, 5.74) is 1.85. The van der Waals surface area contributed by atoms with Gasteiger partial charge >= 0.3 is 5.97 Å². The van der Waals surface area contributed by atoms with E-state index in [1.54, 1.807) is 29.2 Å². The van der Waals surface area contributed by atoms with Gasteiger partial charge in [0.1, 0.15) is 6.61 Å². The zero-order valence-corrected chi connectivity index (χ0v) is 12.5. The summed E-state index contributed by atoms with van der Waals surface area (Å²) in [6, 6.07) is 7.06. The summed E-state index contributed by atoms with van der Waals surface area (Å²) in [4.78, 5) is 37.5. The zero-order valence-electron chi connectivity index (χ0n) is 12.5. The van der Waals surface area contributed by atoms with Crippen LogP contribution in [0.5, 0.6) is 0 Å². The third-order valence-corrected chi connectivity index (χ3v) is 3.66. The molecule has 1 fully saturated rings. The maximum absolute atomic E-state index is 11.8. The number of rotatable bonds is 2. The molecule has 1 aromatic heterocycles. The molecule has 0 radical (unpaired) electrons. The molecule has 120 valence electrons. The van der Waals surface area contributed by atoms with Crippen LogP contribution < -0.4 is 4.90 Å². The van der Waals surface area contributed by atoms with E-state index in [0.29, 0.717) is 24.5 Å². The van der Waals surface area contributed by atoms with E-state index in [-0.39, 0.29) is 24.1 Å². The molecule has 0 bridgehead atoms. The first-order valence-corrected chi connectivity index (χ1v) is 7.33. The van der Waals surface area contributed by atoms with Crippen LogP contribution in [-0.2, 0) is 14.3 Å². The van der Waals surface area contributed by atoms with E-state index in [1.807, 2.05) is 0 Å². The summed E-state index contributed by atoms with van der Waals surface area (Å²) < 4.78 is 10.2. The Morgan fingerprint density at radius 1 is 1.04 bits per heavy atom. The Morgan fingerprint density at radius 2 is 1.79 bits per heavy atom. The molecule has 4 rings (SSSR count). The number of hydrogen-bond donors (Lipinski definition) is 0. The summed E-state index contributed by atoms with van der Waals surface area (Å²) in [6.45, 7) is 1.13. The second-order valence-electron chi connectivity index (χ2n) is 5.17. The third-order valence-electron chi connectivity index (χ3n) is 3.66. The second kappa shape index (κ2) is 5.82. The molecule has 1 aromatic carbocycles. The molecule has 2 aromatic rings. The van der Waals surface area contributed by atoms with Crippen molar-refractivity contribution < 1.29 is 19.1 Å². The number of fused-ring (bicyclic) bond motifs is 1. The topological polar surface area (TPSA) is 94.0 Å². The molecule has 0 unspecified atom stereocenters. The number of ether oxygens (including phenoxy) is 2. The first-order chi connectivity index (χ1) is 11.7. The highest BCUT2D eigenvalue weighted by Crippen LogP contribution is 2.24. The lowest BCUT2D eigenvalue weighted by molar-refractivity contribution is -0.125. The standard InChI is InChI=1S/C16H12N4O4/c21-12-9-23-8-7-20(12)11-3-1-10(2-4-11)19-15-13-14(16(22)24-15)18-6-5-17-13/h1-6H,7-9H2. The average Bonchev–Trinajstić information content (AvgIpc) is 2.93. The van der Waals surface area contributed by atoms with Crippen LogP contribution in [0, 0.1) is 0 Å². The molecular weight excluding hydrogens is 312 g/mol. The maximum Gasteiger partial charge on any atom is 0.366 e. The van der Waals surface area contributed by atoms with Crippen molar-refractivity contribution in [3.05, 3.63) is 48.0 Å². The predicted octanol–water partition coefficient (Wildman–Crippen LogP) is 1.09. The zero-order chi connectivity index (χ0) is 16.5. The molecule has 2 aliphatic heterocycles. The van der Waals surface area contributed by atoms with Crippen LogP contribution >= 0.6 is 0 Å². The molecule has 24 heavy (non-hydrogen) atoms. The lowest BCUT2D eigenvalue weighted by Crippen LogP contribution is -2.41. The van der Waals surface area contributed by atoms with E-state index in [0.717, 1.165) is 5.69 Å². The van der Waals surface area contributed by atoms with Gasteiger partial charge in [-0.15, -0.1) is 0 Å². The van der Waals surface area contributed by atoms with E-state index in [9.17, 15) is 9.59 Å². The smallest absolute Gasteiger partial charge is 0.366 e. The number of carbonyl (C=O) groups is 2. The van der Waals surface area contributed by atoms with Crippen molar-refractivity contribution in [1.29, 1.82) is 0 Å². The van der Waals surface area contributed by atoms with Gasteiger partial charge in [0.2, 0.25) is 0 Å². The fourth-order valence-electron chi connectivity index (χ4n) is 2.52. The molecule has 3 heterocycles. The van der Waals surface area contributed by atoms with Gasteiger partial charge in [-0.1, -0.05) is 0 Å². The highest BCUT2D eigenvalue weighted by atomic mass is 16.5. The van der Waals surface area contributed by atoms with Crippen LogP contribution in [0.15, 0.2) is 41.7 Å². The largest absolute Gasteiger partial charge is 0.400 e. The minimum absolute atomic E-state index is 0.0748. The molecule has 0 aliphatic carbocycles. The molecule has 0 N–H and O–H groups in total. The summed E-state index contributed by atoms with van der Waals surface area (Å²) in [7, 11) is 0. The van der Waals surface area contributed by atoms with E-state index >= 15 is 0 Å². The fraction of sp³-hybridized carbons (Fsp3) is 0.188. The van der Waals surface area contributed by atoms with Gasteiger partial charge in [-0.3, -0.25) is 4.79 Å². The fourth-order valence-corrected chi connectivity index (χ4v) is 2.52. The van der Waals surface area contributed by atoms with Crippen molar-refractivity contribution >= 4 is 29.1 Å². The highest BCUT2D eigenvalue weighted by molar-refractivity contribution is 6.15. The summed E-state index contributed by atoms with van der Waals surface area (Å²) >= 11 is 0. The number of carbonyl (C=O) groups excluding carboxylic acids is 2. The molecule has 8 nitrogen and oxygen atoms in total. The predicted molar refractivity (Wildman–Crippen MR) is 83.3 cm³/mol. The third kappa shape index (κ3) is 2.52. The number of hydrogen-bond acceptors (Lipinski definition) is 7. The van der Waals surface area contributed by atoms with Gasteiger partial charge in [0.05, 0.1) is 12.3 Å². The van der Waals surface area contributed by atoms with Crippen molar-refractivity contribution in [1.82, 2.24) is 9.97 Å². The first kappa shape index (κ1) is 14.5. The molecule has 8 heteroatoms. The number of benzene rings is 1. The Kier molecular flexibility index (Phi) is 3.51. The van der Waals surface area contributed by atoms with Gasteiger partial charge < -0.3 is 14.4 Å². The molecule has 0 saturated carbocycles. The number of anilines is 1. The molecule has 0 atom stereocenters. The van der Waals surface area contributed by atoms with Crippen LogP contribution in [0.25, 0.3) is 0 Å². The van der Waals surface area contributed by atoms with Gasteiger partial charge in [0.15, 0.2) is 11.4 Å². The summed E-state index contributed by atoms with van der Waals surface area (Å²) in [5.74, 6) is -0.514.